The van der Waals surface area contributed by atoms with Crippen LogP contribution < -0.4 is 10.2 Å². The Kier molecular flexibility index (Phi) is 4.77. The molecule has 0 fully saturated rings. The zero-order valence-electron chi connectivity index (χ0n) is 12.2. The van der Waals surface area contributed by atoms with E-state index in [1.54, 1.807) is 17.9 Å². The molecule has 1 aliphatic rings. The van der Waals surface area contributed by atoms with Gasteiger partial charge in [-0.1, -0.05) is 38.3 Å². The molecule has 1 aromatic carbocycles. The smallest absolute Gasteiger partial charge is 0.254 e. The number of unbranched alkanes of at least 4 members (excludes halogenated alkanes) is 3. The fourth-order valence-corrected chi connectivity index (χ4v) is 2.52. The lowest BCUT2D eigenvalue weighted by Gasteiger charge is -2.24. The molecule has 2 amide bonds. The average Bonchev–Trinajstić information content (AvgIpc) is 2.54. The van der Waals surface area contributed by atoms with E-state index in [4.69, 9.17) is 0 Å². The standard InChI is InChI=1S/C16H22N2O2/c1-3-4-5-8-11-18-14-10-7-6-9-13(14)15(19)17-12(2)16(18)20/h6-7,9-10,12H,3-5,8,11H2,1-2H3,(H,17,19). The molecular weight excluding hydrogens is 252 g/mol. The van der Waals surface area contributed by atoms with Crippen LogP contribution in [0.25, 0.3) is 0 Å². The second-order valence-corrected chi connectivity index (χ2v) is 5.26. The molecule has 2 rings (SSSR count). The van der Waals surface area contributed by atoms with Gasteiger partial charge in [0.15, 0.2) is 0 Å². The Morgan fingerprint density at radius 1 is 1.15 bits per heavy atom. The van der Waals surface area contributed by atoms with Gasteiger partial charge in [-0.25, -0.2) is 0 Å². The highest BCUT2D eigenvalue weighted by Gasteiger charge is 2.30. The Morgan fingerprint density at radius 3 is 2.65 bits per heavy atom. The van der Waals surface area contributed by atoms with Crippen molar-refractivity contribution >= 4 is 17.5 Å². The van der Waals surface area contributed by atoms with E-state index in [1.807, 2.05) is 18.2 Å². The average molecular weight is 274 g/mol. The van der Waals surface area contributed by atoms with Gasteiger partial charge in [0.2, 0.25) is 5.91 Å². The number of para-hydroxylation sites is 1. The van der Waals surface area contributed by atoms with E-state index in [-0.39, 0.29) is 11.8 Å². The number of rotatable bonds is 5. The number of hydrogen-bond acceptors (Lipinski definition) is 2. The molecule has 4 heteroatoms. The van der Waals surface area contributed by atoms with E-state index in [2.05, 4.69) is 12.2 Å². The van der Waals surface area contributed by atoms with Gasteiger partial charge in [0.25, 0.3) is 5.91 Å². The van der Waals surface area contributed by atoms with Gasteiger partial charge >= 0.3 is 0 Å². The first-order valence-corrected chi connectivity index (χ1v) is 7.36. The molecular formula is C16H22N2O2. The molecule has 1 aromatic rings. The van der Waals surface area contributed by atoms with Crippen molar-refractivity contribution < 1.29 is 9.59 Å². The summed E-state index contributed by atoms with van der Waals surface area (Å²) >= 11 is 0. The Bertz CT molecular complexity index is 499. The molecule has 1 aliphatic heterocycles. The van der Waals surface area contributed by atoms with Crippen molar-refractivity contribution in [3.8, 4) is 0 Å². The summed E-state index contributed by atoms with van der Waals surface area (Å²) in [7, 11) is 0. The third-order valence-corrected chi connectivity index (χ3v) is 3.66. The van der Waals surface area contributed by atoms with Crippen LogP contribution in [0, 0.1) is 0 Å². The van der Waals surface area contributed by atoms with Crippen LogP contribution in [0.15, 0.2) is 24.3 Å². The molecule has 1 unspecified atom stereocenters. The molecule has 0 saturated carbocycles. The van der Waals surface area contributed by atoms with Crippen LogP contribution in [-0.2, 0) is 4.79 Å². The molecule has 0 aliphatic carbocycles. The fourth-order valence-electron chi connectivity index (χ4n) is 2.52. The van der Waals surface area contributed by atoms with Crippen molar-refractivity contribution in [2.45, 2.75) is 45.6 Å². The van der Waals surface area contributed by atoms with Crippen LogP contribution in [0.5, 0.6) is 0 Å². The summed E-state index contributed by atoms with van der Waals surface area (Å²) in [6.07, 6.45) is 4.42. The highest BCUT2D eigenvalue weighted by molar-refractivity contribution is 6.10. The van der Waals surface area contributed by atoms with E-state index in [9.17, 15) is 9.59 Å². The molecule has 0 saturated heterocycles. The molecule has 4 nitrogen and oxygen atoms in total. The topological polar surface area (TPSA) is 49.4 Å². The second-order valence-electron chi connectivity index (χ2n) is 5.26. The van der Waals surface area contributed by atoms with Crippen LogP contribution >= 0.6 is 0 Å². The van der Waals surface area contributed by atoms with Crippen LogP contribution in [-0.4, -0.2) is 24.4 Å². The van der Waals surface area contributed by atoms with Crippen molar-refractivity contribution in [3.63, 3.8) is 0 Å². The number of carbonyl (C=O) groups excluding carboxylic acids is 2. The predicted molar refractivity (Wildman–Crippen MR) is 79.9 cm³/mol. The number of anilines is 1. The third kappa shape index (κ3) is 3.00. The molecule has 0 bridgehead atoms. The summed E-state index contributed by atoms with van der Waals surface area (Å²) in [5.41, 5.74) is 1.32. The maximum Gasteiger partial charge on any atom is 0.254 e. The van der Waals surface area contributed by atoms with Crippen LogP contribution in [0.1, 0.15) is 49.9 Å². The maximum atomic E-state index is 12.4. The Labute approximate surface area is 120 Å². The lowest BCUT2D eigenvalue weighted by molar-refractivity contribution is -0.120. The van der Waals surface area contributed by atoms with Gasteiger partial charge in [-0.2, -0.15) is 0 Å². The van der Waals surface area contributed by atoms with Gasteiger partial charge < -0.3 is 10.2 Å². The molecule has 0 spiro atoms. The number of benzene rings is 1. The van der Waals surface area contributed by atoms with Crippen LogP contribution in [0.2, 0.25) is 0 Å². The summed E-state index contributed by atoms with van der Waals surface area (Å²) < 4.78 is 0. The Balaban J connectivity index is 2.24. The third-order valence-electron chi connectivity index (χ3n) is 3.66. The summed E-state index contributed by atoms with van der Waals surface area (Å²) in [5, 5.41) is 2.75. The van der Waals surface area contributed by atoms with Gasteiger partial charge in [0.05, 0.1) is 11.3 Å². The minimum Gasteiger partial charge on any atom is -0.340 e. The first kappa shape index (κ1) is 14.6. The number of nitrogens with one attached hydrogen (secondary N) is 1. The fraction of sp³-hybridized carbons (Fsp3) is 0.500. The Morgan fingerprint density at radius 2 is 1.90 bits per heavy atom. The first-order chi connectivity index (χ1) is 9.65. The molecule has 0 aromatic heterocycles. The van der Waals surface area contributed by atoms with E-state index >= 15 is 0 Å². The summed E-state index contributed by atoms with van der Waals surface area (Å²) in [5.74, 6) is -0.197. The number of carbonyl (C=O) groups is 2. The minimum atomic E-state index is -0.471. The molecule has 1 atom stereocenters. The maximum absolute atomic E-state index is 12.4. The molecule has 1 heterocycles. The lowest BCUT2D eigenvalue weighted by atomic mass is 10.1. The van der Waals surface area contributed by atoms with Gasteiger partial charge in [0, 0.05) is 6.54 Å². The van der Waals surface area contributed by atoms with E-state index < -0.39 is 6.04 Å². The molecule has 20 heavy (non-hydrogen) atoms. The second kappa shape index (κ2) is 6.55. The Hall–Kier alpha value is -1.84. The summed E-state index contributed by atoms with van der Waals surface area (Å²) in [4.78, 5) is 26.3. The van der Waals surface area contributed by atoms with Crippen molar-refractivity contribution in [1.29, 1.82) is 0 Å². The number of fused-ring (bicyclic) bond motifs is 1. The van der Waals surface area contributed by atoms with E-state index in [1.165, 1.54) is 12.8 Å². The highest BCUT2D eigenvalue weighted by Crippen LogP contribution is 2.24. The minimum absolute atomic E-state index is 0.0280. The predicted octanol–water partition coefficient (Wildman–Crippen LogP) is 2.73. The number of amides is 2. The molecule has 108 valence electrons. The van der Waals surface area contributed by atoms with Crippen molar-refractivity contribution in [2.75, 3.05) is 11.4 Å². The quantitative estimate of drug-likeness (QED) is 0.839. The first-order valence-electron chi connectivity index (χ1n) is 7.36. The normalized spacial score (nSPS) is 18.5. The zero-order valence-corrected chi connectivity index (χ0v) is 12.2. The number of hydrogen-bond donors (Lipinski definition) is 1. The largest absolute Gasteiger partial charge is 0.340 e. The summed E-state index contributed by atoms with van der Waals surface area (Å²) in [6, 6.07) is 6.85. The molecule has 1 N–H and O–H groups in total. The molecule has 0 radical (unpaired) electrons. The zero-order chi connectivity index (χ0) is 14.5. The lowest BCUT2D eigenvalue weighted by Crippen LogP contribution is -2.44. The van der Waals surface area contributed by atoms with Gasteiger partial charge in [-0.15, -0.1) is 0 Å². The number of nitrogens with zero attached hydrogens (tertiary/aromatic N) is 1. The van der Waals surface area contributed by atoms with Crippen molar-refractivity contribution in [1.82, 2.24) is 5.32 Å². The van der Waals surface area contributed by atoms with Gasteiger partial charge in [-0.05, 0) is 25.5 Å². The van der Waals surface area contributed by atoms with Crippen LogP contribution in [0.3, 0.4) is 0 Å². The highest BCUT2D eigenvalue weighted by atomic mass is 16.2. The van der Waals surface area contributed by atoms with Crippen molar-refractivity contribution in [2.24, 2.45) is 0 Å². The monoisotopic (exact) mass is 274 g/mol. The van der Waals surface area contributed by atoms with Gasteiger partial charge in [0.1, 0.15) is 6.04 Å². The van der Waals surface area contributed by atoms with E-state index in [0.717, 1.165) is 18.5 Å². The van der Waals surface area contributed by atoms with Crippen LogP contribution in [0.4, 0.5) is 5.69 Å². The summed E-state index contributed by atoms with van der Waals surface area (Å²) in [6.45, 7) is 4.58. The van der Waals surface area contributed by atoms with E-state index in [0.29, 0.717) is 12.1 Å². The van der Waals surface area contributed by atoms with Gasteiger partial charge in [-0.3, -0.25) is 9.59 Å². The van der Waals surface area contributed by atoms with Crippen molar-refractivity contribution in [3.05, 3.63) is 29.8 Å². The SMILES string of the molecule is CCCCCCN1C(=O)C(C)NC(=O)c2ccccc21.